The highest BCUT2D eigenvalue weighted by Gasteiger charge is 2.12. The van der Waals surface area contributed by atoms with E-state index in [1.54, 1.807) is 18.3 Å². The molecule has 0 aliphatic heterocycles. The van der Waals surface area contributed by atoms with Crippen molar-refractivity contribution in [2.45, 2.75) is 52.5 Å². The number of rotatable bonds is 12. The van der Waals surface area contributed by atoms with Crippen LogP contribution in [0.5, 0.6) is 11.6 Å². The van der Waals surface area contributed by atoms with Crippen molar-refractivity contribution >= 4 is 11.8 Å². The SMILES string of the molecule is CCCN(CCC)C(=O)CCCC(=O)NCc1ccnc(Oc2ccc(F)cc2)c1. The average Bonchev–Trinajstić information content (AvgIpc) is 2.74. The standard InChI is InChI=1S/C23H30FN3O3/c1-3-14-27(15-4-2)23(29)7-5-6-21(28)26-17-18-12-13-25-22(16-18)30-20-10-8-19(24)9-11-20/h8-13,16H,3-7,14-15,17H2,1-2H3,(H,26,28). The van der Waals surface area contributed by atoms with Crippen LogP contribution in [-0.4, -0.2) is 34.8 Å². The molecule has 1 heterocycles. The molecule has 7 heteroatoms. The fourth-order valence-electron chi connectivity index (χ4n) is 2.99. The smallest absolute Gasteiger partial charge is 0.222 e. The number of halogens is 1. The van der Waals surface area contributed by atoms with E-state index >= 15 is 0 Å². The molecule has 0 unspecified atom stereocenters. The van der Waals surface area contributed by atoms with Gasteiger partial charge in [0.05, 0.1) is 0 Å². The molecule has 0 spiro atoms. The second-order valence-corrected chi connectivity index (χ2v) is 7.07. The van der Waals surface area contributed by atoms with E-state index < -0.39 is 0 Å². The van der Waals surface area contributed by atoms with Gasteiger partial charge in [0.2, 0.25) is 17.7 Å². The summed E-state index contributed by atoms with van der Waals surface area (Å²) in [5.41, 5.74) is 0.837. The highest BCUT2D eigenvalue weighted by molar-refractivity contribution is 5.79. The van der Waals surface area contributed by atoms with E-state index in [0.29, 0.717) is 37.4 Å². The van der Waals surface area contributed by atoms with Gasteiger partial charge >= 0.3 is 0 Å². The third kappa shape index (κ3) is 8.19. The summed E-state index contributed by atoms with van der Waals surface area (Å²) in [6.07, 6.45) is 4.69. The van der Waals surface area contributed by atoms with E-state index in [1.807, 2.05) is 4.90 Å². The summed E-state index contributed by atoms with van der Waals surface area (Å²) in [4.78, 5) is 30.4. The van der Waals surface area contributed by atoms with Gasteiger partial charge in [-0.15, -0.1) is 0 Å². The second kappa shape index (κ2) is 12.6. The molecule has 2 amide bonds. The van der Waals surface area contributed by atoms with Crippen molar-refractivity contribution in [3.05, 3.63) is 54.0 Å². The zero-order valence-electron chi connectivity index (χ0n) is 17.7. The molecule has 0 bridgehead atoms. The van der Waals surface area contributed by atoms with Crippen molar-refractivity contribution in [2.24, 2.45) is 0 Å². The maximum absolute atomic E-state index is 13.0. The van der Waals surface area contributed by atoms with Crippen LogP contribution in [0.15, 0.2) is 42.6 Å². The summed E-state index contributed by atoms with van der Waals surface area (Å²) in [5, 5.41) is 2.85. The van der Waals surface area contributed by atoms with Crippen LogP contribution >= 0.6 is 0 Å². The van der Waals surface area contributed by atoms with Crippen LogP contribution in [0.2, 0.25) is 0 Å². The first-order chi connectivity index (χ1) is 14.5. The van der Waals surface area contributed by atoms with Gasteiger partial charge in [-0.2, -0.15) is 0 Å². The lowest BCUT2D eigenvalue weighted by Gasteiger charge is -2.21. The number of aromatic nitrogens is 1. The van der Waals surface area contributed by atoms with Gasteiger partial charge in [-0.05, 0) is 55.2 Å². The number of carbonyl (C=O) groups is 2. The number of benzene rings is 1. The van der Waals surface area contributed by atoms with Crippen LogP contribution in [0.3, 0.4) is 0 Å². The third-order valence-electron chi connectivity index (χ3n) is 4.46. The van der Waals surface area contributed by atoms with Gasteiger partial charge in [0.1, 0.15) is 11.6 Å². The van der Waals surface area contributed by atoms with Crippen LogP contribution in [0, 0.1) is 5.82 Å². The van der Waals surface area contributed by atoms with Gasteiger partial charge in [0.25, 0.3) is 0 Å². The quantitative estimate of drug-likeness (QED) is 0.556. The first-order valence-electron chi connectivity index (χ1n) is 10.4. The number of hydrogen-bond acceptors (Lipinski definition) is 4. The predicted octanol–water partition coefficient (Wildman–Crippen LogP) is 4.45. The summed E-state index contributed by atoms with van der Waals surface area (Å²) in [6, 6.07) is 9.18. The van der Waals surface area contributed by atoms with E-state index in [1.165, 1.54) is 24.3 Å². The molecule has 1 aromatic heterocycles. The summed E-state index contributed by atoms with van der Waals surface area (Å²) in [6.45, 7) is 5.98. The number of nitrogens with one attached hydrogen (secondary N) is 1. The Bertz CT molecular complexity index is 806. The zero-order chi connectivity index (χ0) is 21.8. The van der Waals surface area contributed by atoms with Crippen molar-refractivity contribution in [2.75, 3.05) is 13.1 Å². The Morgan fingerprint density at radius 1 is 1.07 bits per heavy atom. The van der Waals surface area contributed by atoms with E-state index in [-0.39, 0.29) is 17.6 Å². The summed E-state index contributed by atoms with van der Waals surface area (Å²) < 4.78 is 18.6. The largest absolute Gasteiger partial charge is 0.439 e. The van der Waals surface area contributed by atoms with Gasteiger partial charge in [-0.3, -0.25) is 9.59 Å². The summed E-state index contributed by atoms with van der Waals surface area (Å²) >= 11 is 0. The summed E-state index contributed by atoms with van der Waals surface area (Å²) in [5.74, 6) is 0.527. The zero-order valence-corrected chi connectivity index (χ0v) is 17.7. The first-order valence-corrected chi connectivity index (χ1v) is 10.4. The number of carbonyl (C=O) groups excluding carboxylic acids is 2. The molecule has 30 heavy (non-hydrogen) atoms. The second-order valence-electron chi connectivity index (χ2n) is 7.07. The number of nitrogens with zero attached hydrogens (tertiary/aromatic N) is 2. The van der Waals surface area contributed by atoms with E-state index in [4.69, 9.17) is 4.74 Å². The first kappa shape index (κ1) is 23.3. The monoisotopic (exact) mass is 415 g/mol. The van der Waals surface area contributed by atoms with Crippen LogP contribution in [-0.2, 0) is 16.1 Å². The highest BCUT2D eigenvalue weighted by atomic mass is 19.1. The van der Waals surface area contributed by atoms with E-state index in [2.05, 4.69) is 24.1 Å². The molecular formula is C23H30FN3O3. The minimum atomic E-state index is -0.336. The van der Waals surface area contributed by atoms with Crippen molar-refractivity contribution in [1.82, 2.24) is 15.2 Å². The van der Waals surface area contributed by atoms with Crippen molar-refractivity contribution in [1.29, 1.82) is 0 Å². The molecule has 0 atom stereocenters. The van der Waals surface area contributed by atoms with Gasteiger partial charge < -0.3 is 15.0 Å². The van der Waals surface area contributed by atoms with Gasteiger partial charge in [-0.1, -0.05) is 13.8 Å². The lowest BCUT2D eigenvalue weighted by molar-refractivity contribution is -0.131. The Hall–Kier alpha value is -2.96. The van der Waals surface area contributed by atoms with Crippen molar-refractivity contribution in [3.8, 4) is 11.6 Å². The molecule has 0 fully saturated rings. The lowest BCUT2D eigenvalue weighted by atomic mass is 10.2. The Morgan fingerprint density at radius 2 is 1.77 bits per heavy atom. The minimum Gasteiger partial charge on any atom is -0.439 e. The Kier molecular flexibility index (Phi) is 9.77. The molecule has 0 saturated carbocycles. The molecule has 0 radical (unpaired) electrons. The third-order valence-corrected chi connectivity index (χ3v) is 4.46. The molecule has 6 nitrogen and oxygen atoms in total. The van der Waals surface area contributed by atoms with Crippen molar-refractivity contribution in [3.63, 3.8) is 0 Å². The molecule has 0 saturated heterocycles. The Morgan fingerprint density at radius 3 is 2.43 bits per heavy atom. The molecular weight excluding hydrogens is 385 g/mol. The number of pyridine rings is 1. The highest BCUT2D eigenvalue weighted by Crippen LogP contribution is 2.20. The number of hydrogen-bond donors (Lipinski definition) is 1. The van der Waals surface area contributed by atoms with Crippen LogP contribution in [0.4, 0.5) is 4.39 Å². The Balaban J connectivity index is 1.75. The van der Waals surface area contributed by atoms with Gasteiger partial charge in [-0.25, -0.2) is 9.37 Å². The molecule has 0 aliphatic rings. The Labute approximate surface area is 177 Å². The van der Waals surface area contributed by atoms with Crippen LogP contribution in [0.25, 0.3) is 0 Å². The maximum Gasteiger partial charge on any atom is 0.222 e. The van der Waals surface area contributed by atoms with E-state index in [0.717, 1.165) is 31.5 Å². The topological polar surface area (TPSA) is 71.5 Å². The van der Waals surface area contributed by atoms with Crippen LogP contribution < -0.4 is 10.1 Å². The number of ether oxygens (including phenoxy) is 1. The number of amides is 2. The van der Waals surface area contributed by atoms with Gasteiger partial charge in [0, 0.05) is 44.7 Å². The summed E-state index contributed by atoms with van der Waals surface area (Å²) in [7, 11) is 0. The van der Waals surface area contributed by atoms with Crippen LogP contribution in [0.1, 0.15) is 51.5 Å². The fourth-order valence-corrected chi connectivity index (χ4v) is 2.99. The average molecular weight is 416 g/mol. The molecule has 1 aromatic carbocycles. The normalized spacial score (nSPS) is 10.5. The van der Waals surface area contributed by atoms with Gasteiger partial charge in [0.15, 0.2) is 0 Å². The minimum absolute atomic E-state index is 0.0989. The lowest BCUT2D eigenvalue weighted by Crippen LogP contribution is -2.32. The molecule has 1 N–H and O–H groups in total. The molecule has 2 rings (SSSR count). The predicted molar refractivity (Wildman–Crippen MR) is 114 cm³/mol. The fraction of sp³-hybridized carbons (Fsp3) is 0.435. The molecule has 162 valence electrons. The molecule has 2 aromatic rings. The molecule has 0 aliphatic carbocycles. The maximum atomic E-state index is 13.0. The van der Waals surface area contributed by atoms with E-state index in [9.17, 15) is 14.0 Å². The van der Waals surface area contributed by atoms with Crippen molar-refractivity contribution < 1.29 is 18.7 Å².